The van der Waals surface area contributed by atoms with E-state index < -0.39 is 10.9 Å². The second-order valence-electron chi connectivity index (χ2n) is 3.38. The van der Waals surface area contributed by atoms with Crippen molar-refractivity contribution in [2.75, 3.05) is 18.5 Å². The third kappa shape index (κ3) is 2.91. The van der Waals surface area contributed by atoms with E-state index in [1.807, 2.05) is 0 Å². The quantitative estimate of drug-likeness (QED) is 0.522. The Hall–Kier alpha value is -2.15. The largest absolute Gasteiger partial charge is 0.478 e. The average Bonchev–Trinajstić information content (AvgIpc) is 2.26. The SMILES string of the molecule is Cc1c(NCCO)cc(C(=O)O)cc1[N+](=O)[O-]. The number of aromatic carboxylic acids is 1. The minimum atomic E-state index is -1.24. The van der Waals surface area contributed by atoms with Gasteiger partial charge in [-0.05, 0) is 13.0 Å². The van der Waals surface area contributed by atoms with E-state index >= 15 is 0 Å². The van der Waals surface area contributed by atoms with Crippen LogP contribution < -0.4 is 5.32 Å². The molecule has 0 aromatic heterocycles. The van der Waals surface area contributed by atoms with Crippen LogP contribution in [0, 0.1) is 17.0 Å². The number of nitro groups is 1. The molecule has 0 amide bonds. The van der Waals surface area contributed by atoms with Crippen LogP contribution in [0.15, 0.2) is 12.1 Å². The zero-order valence-corrected chi connectivity index (χ0v) is 9.14. The van der Waals surface area contributed by atoms with E-state index in [0.717, 1.165) is 6.07 Å². The highest BCUT2D eigenvalue weighted by atomic mass is 16.6. The third-order valence-electron chi connectivity index (χ3n) is 2.25. The van der Waals surface area contributed by atoms with Crippen molar-refractivity contribution >= 4 is 17.3 Å². The number of aliphatic hydroxyl groups is 1. The molecule has 7 nitrogen and oxygen atoms in total. The first-order valence-corrected chi connectivity index (χ1v) is 4.84. The van der Waals surface area contributed by atoms with Crippen molar-refractivity contribution < 1.29 is 19.9 Å². The van der Waals surface area contributed by atoms with E-state index in [0.29, 0.717) is 11.3 Å². The Labute approximate surface area is 96.8 Å². The molecule has 0 atom stereocenters. The van der Waals surface area contributed by atoms with Crippen molar-refractivity contribution in [3.05, 3.63) is 33.4 Å². The Kier molecular flexibility index (Phi) is 4.00. The van der Waals surface area contributed by atoms with Gasteiger partial charge in [0, 0.05) is 23.9 Å². The molecule has 1 aromatic carbocycles. The molecule has 1 aromatic rings. The van der Waals surface area contributed by atoms with Gasteiger partial charge in [0.25, 0.3) is 5.69 Å². The van der Waals surface area contributed by atoms with Crippen LogP contribution in [0.25, 0.3) is 0 Å². The van der Waals surface area contributed by atoms with Gasteiger partial charge in [0.1, 0.15) is 0 Å². The molecule has 1 rings (SSSR count). The molecule has 7 heteroatoms. The van der Waals surface area contributed by atoms with Crippen LogP contribution in [0.4, 0.5) is 11.4 Å². The van der Waals surface area contributed by atoms with E-state index in [-0.39, 0.29) is 24.4 Å². The van der Waals surface area contributed by atoms with Gasteiger partial charge in [0.15, 0.2) is 0 Å². The summed E-state index contributed by atoms with van der Waals surface area (Å²) in [6, 6.07) is 2.32. The van der Waals surface area contributed by atoms with Crippen LogP contribution in [0.3, 0.4) is 0 Å². The molecule has 0 radical (unpaired) electrons. The molecule has 17 heavy (non-hydrogen) atoms. The Bertz CT molecular complexity index is 458. The number of carbonyl (C=O) groups is 1. The third-order valence-corrected chi connectivity index (χ3v) is 2.25. The first kappa shape index (κ1) is 12.9. The molecule has 0 saturated carbocycles. The van der Waals surface area contributed by atoms with Crippen LogP contribution >= 0.6 is 0 Å². The molecule has 0 saturated heterocycles. The summed E-state index contributed by atoms with van der Waals surface area (Å²) >= 11 is 0. The molecule has 3 N–H and O–H groups in total. The zero-order chi connectivity index (χ0) is 13.0. The number of carboxylic acids is 1. The maximum Gasteiger partial charge on any atom is 0.336 e. The van der Waals surface area contributed by atoms with Gasteiger partial charge in [-0.15, -0.1) is 0 Å². The van der Waals surface area contributed by atoms with Gasteiger partial charge in [-0.1, -0.05) is 0 Å². The normalized spacial score (nSPS) is 10.0. The number of nitrogens with zero attached hydrogens (tertiary/aromatic N) is 1. The molecule has 0 bridgehead atoms. The lowest BCUT2D eigenvalue weighted by atomic mass is 10.1. The van der Waals surface area contributed by atoms with E-state index in [9.17, 15) is 14.9 Å². The first-order valence-electron chi connectivity index (χ1n) is 4.84. The molecule has 92 valence electrons. The van der Waals surface area contributed by atoms with Crippen LogP contribution in [0.1, 0.15) is 15.9 Å². The molecule has 0 spiro atoms. The molecular weight excluding hydrogens is 228 g/mol. The van der Waals surface area contributed by atoms with Gasteiger partial charge >= 0.3 is 5.97 Å². The summed E-state index contributed by atoms with van der Waals surface area (Å²) in [4.78, 5) is 20.9. The van der Waals surface area contributed by atoms with Gasteiger partial charge < -0.3 is 15.5 Å². The van der Waals surface area contributed by atoms with E-state index in [2.05, 4.69) is 5.32 Å². The predicted molar refractivity (Wildman–Crippen MR) is 60.4 cm³/mol. The Morgan fingerprint density at radius 2 is 2.18 bits per heavy atom. The number of hydrogen-bond donors (Lipinski definition) is 3. The summed E-state index contributed by atoms with van der Waals surface area (Å²) in [7, 11) is 0. The number of benzene rings is 1. The number of carboxylic acid groups (broad SMARTS) is 1. The standard InChI is InChI=1S/C10H12N2O5/c1-6-8(11-2-3-13)4-7(10(14)15)5-9(6)12(16)17/h4-5,11,13H,2-3H2,1H3,(H,14,15). The predicted octanol–water partition coefficient (Wildman–Crippen LogP) is 1.01. The van der Waals surface area contributed by atoms with E-state index in [1.54, 1.807) is 0 Å². The highest BCUT2D eigenvalue weighted by molar-refractivity contribution is 5.90. The van der Waals surface area contributed by atoms with E-state index in [1.165, 1.54) is 13.0 Å². The number of aliphatic hydroxyl groups excluding tert-OH is 1. The molecular formula is C10H12N2O5. The number of hydrogen-bond acceptors (Lipinski definition) is 5. The lowest BCUT2D eigenvalue weighted by molar-refractivity contribution is -0.385. The van der Waals surface area contributed by atoms with Gasteiger partial charge in [0.05, 0.1) is 17.1 Å². The summed E-state index contributed by atoms with van der Waals surface area (Å²) in [5.74, 6) is -1.24. The van der Waals surface area contributed by atoms with Crippen molar-refractivity contribution in [1.82, 2.24) is 0 Å². The van der Waals surface area contributed by atoms with Crippen molar-refractivity contribution in [2.45, 2.75) is 6.92 Å². The fourth-order valence-electron chi connectivity index (χ4n) is 1.39. The maximum atomic E-state index is 10.8. The zero-order valence-electron chi connectivity index (χ0n) is 9.14. The summed E-state index contributed by atoms with van der Waals surface area (Å²) < 4.78 is 0. The van der Waals surface area contributed by atoms with Gasteiger partial charge in [0.2, 0.25) is 0 Å². The smallest absolute Gasteiger partial charge is 0.336 e. The van der Waals surface area contributed by atoms with Gasteiger partial charge in [-0.25, -0.2) is 4.79 Å². The summed E-state index contributed by atoms with van der Waals surface area (Å²) in [5, 5.41) is 31.0. The lowest BCUT2D eigenvalue weighted by Crippen LogP contribution is -2.09. The molecule has 0 aliphatic heterocycles. The summed E-state index contributed by atoms with van der Waals surface area (Å²) in [6.45, 7) is 1.56. The second kappa shape index (κ2) is 5.26. The van der Waals surface area contributed by atoms with E-state index in [4.69, 9.17) is 10.2 Å². The Balaban J connectivity index is 3.27. The molecule has 0 aliphatic rings. The minimum Gasteiger partial charge on any atom is -0.478 e. The maximum absolute atomic E-state index is 10.8. The van der Waals surface area contributed by atoms with Gasteiger partial charge in [-0.3, -0.25) is 10.1 Å². The number of anilines is 1. The van der Waals surface area contributed by atoms with Crippen LogP contribution in [-0.2, 0) is 0 Å². The van der Waals surface area contributed by atoms with Crippen molar-refractivity contribution in [3.8, 4) is 0 Å². The molecule has 0 aliphatic carbocycles. The summed E-state index contributed by atoms with van der Waals surface area (Å²) in [5.41, 5.74) is 0.257. The fourth-order valence-corrected chi connectivity index (χ4v) is 1.39. The monoisotopic (exact) mass is 240 g/mol. The van der Waals surface area contributed by atoms with Gasteiger partial charge in [-0.2, -0.15) is 0 Å². The Morgan fingerprint density at radius 1 is 1.53 bits per heavy atom. The lowest BCUT2D eigenvalue weighted by Gasteiger charge is -2.09. The molecule has 0 heterocycles. The minimum absolute atomic E-state index is 0.148. The van der Waals surface area contributed by atoms with Crippen LogP contribution in [-0.4, -0.2) is 34.3 Å². The molecule has 0 unspecified atom stereocenters. The highest BCUT2D eigenvalue weighted by Crippen LogP contribution is 2.27. The first-order chi connectivity index (χ1) is 7.97. The fraction of sp³-hybridized carbons (Fsp3) is 0.300. The van der Waals surface area contributed by atoms with Crippen molar-refractivity contribution in [1.29, 1.82) is 0 Å². The van der Waals surface area contributed by atoms with Crippen LogP contribution in [0.5, 0.6) is 0 Å². The highest BCUT2D eigenvalue weighted by Gasteiger charge is 2.18. The second-order valence-corrected chi connectivity index (χ2v) is 3.38. The Morgan fingerprint density at radius 3 is 2.65 bits per heavy atom. The average molecular weight is 240 g/mol. The van der Waals surface area contributed by atoms with Crippen molar-refractivity contribution in [2.24, 2.45) is 0 Å². The number of nitro benzene ring substituents is 1. The topological polar surface area (TPSA) is 113 Å². The number of nitrogens with one attached hydrogen (secondary N) is 1. The molecule has 0 fully saturated rings. The van der Waals surface area contributed by atoms with Crippen LogP contribution in [0.2, 0.25) is 0 Å². The number of rotatable bonds is 5. The van der Waals surface area contributed by atoms with Crippen molar-refractivity contribution in [3.63, 3.8) is 0 Å². The summed E-state index contributed by atoms with van der Waals surface area (Å²) in [6.07, 6.45) is 0.